The van der Waals surface area contributed by atoms with Gasteiger partial charge in [0.15, 0.2) is 6.61 Å². The fourth-order valence-corrected chi connectivity index (χ4v) is 2.83. The Bertz CT molecular complexity index is 1010. The van der Waals surface area contributed by atoms with Crippen LogP contribution in [0, 0.1) is 13.8 Å². The van der Waals surface area contributed by atoms with Gasteiger partial charge in [0, 0.05) is 19.8 Å². The zero-order valence-corrected chi connectivity index (χ0v) is 14.8. The summed E-state index contributed by atoms with van der Waals surface area (Å²) in [7, 11) is 3.45. The van der Waals surface area contributed by atoms with Crippen LogP contribution in [0.5, 0.6) is 5.75 Å². The smallest absolute Gasteiger partial charge is 0.328 e. The second-order valence-electron chi connectivity index (χ2n) is 6.16. The molecule has 3 rings (SSSR count). The molecule has 2 aromatic carbocycles. The maximum absolute atomic E-state index is 12.2. The fraction of sp³-hybridized carbons (Fsp3) is 0.263. The van der Waals surface area contributed by atoms with Gasteiger partial charge in [-0.1, -0.05) is 18.2 Å². The van der Waals surface area contributed by atoms with Crippen molar-refractivity contribution < 1.29 is 9.53 Å². The second kappa shape index (κ2) is 6.47. The van der Waals surface area contributed by atoms with Crippen molar-refractivity contribution in [3.63, 3.8) is 0 Å². The summed E-state index contributed by atoms with van der Waals surface area (Å²) in [6.07, 6.45) is 0. The lowest BCUT2D eigenvalue weighted by Crippen LogP contribution is -2.21. The number of nitrogens with zero attached hydrogens (tertiary/aromatic N) is 2. The molecule has 0 spiro atoms. The van der Waals surface area contributed by atoms with Gasteiger partial charge in [0.1, 0.15) is 5.75 Å². The molecule has 0 radical (unpaired) electrons. The first-order chi connectivity index (χ1) is 11.9. The number of ether oxygens (including phenoxy) is 1. The van der Waals surface area contributed by atoms with Crippen LogP contribution < -0.4 is 15.7 Å². The van der Waals surface area contributed by atoms with Crippen molar-refractivity contribution in [2.45, 2.75) is 13.8 Å². The first-order valence-electron chi connectivity index (χ1n) is 8.03. The Morgan fingerprint density at radius 2 is 1.68 bits per heavy atom. The number of carbonyl (C=O) groups excluding carboxylic acids is 1. The van der Waals surface area contributed by atoms with Gasteiger partial charge in [0.05, 0.1) is 11.0 Å². The number of amides is 1. The standard InChI is InChI=1S/C19H21N3O3/c1-12-7-5-6-8-17(12)25-11-18(23)20-14-10-16-15(9-13(14)2)21(3)19(24)22(16)4/h5-10H,11H2,1-4H3,(H,20,23). The predicted molar refractivity (Wildman–Crippen MR) is 98.2 cm³/mol. The average molecular weight is 339 g/mol. The van der Waals surface area contributed by atoms with E-state index in [0.29, 0.717) is 11.4 Å². The fourth-order valence-electron chi connectivity index (χ4n) is 2.83. The van der Waals surface area contributed by atoms with Gasteiger partial charge in [-0.2, -0.15) is 0 Å². The number of fused-ring (bicyclic) bond motifs is 1. The minimum Gasteiger partial charge on any atom is -0.483 e. The molecule has 0 aliphatic carbocycles. The molecule has 1 amide bonds. The molecule has 1 aromatic heterocycles. The average Bonchev–Trinajstić information content (AvgIpc) is 2.79. The van der Waals surface area contributed by atoms with Gasteiger partial charge >= 0.3 is 5.69 Å². The second-order valence-corrected chi connectivity index (χ2v) is 6.16. The van der Waals surface area contributed by atoms with Gasteiger partial charge in [0.25, 0.3) is 5.91 Å². The number of rotatable bonds is 4. The van der Waals surface area contributed by atoms with Crippen LogP contribution in [-0.2, 0) is 18.9 Å². The minimum atomic E-state index is -0.244. The van der Waals surface area contributed by atoms with Crippen LogP contribution in [0.4, 0.5) is 5.69 Å². The SMILES string of the molecule is Cc1cc2c(cc1NC(=O)COc1ccccc1C)n(C)c(=O)n2C. The lowest BCUT2D eigenvalue weighted by Gasteiger charge is -2.11. The van der Waals surface area contributed by atoms with Crippen molar-refractivity contribution in [2.24, 2.45) is 14.1 Å². The van der Waals surface area contributed by atoms with Gasteiger partial charge in [-0.05, 0) is 43.2 Å². The largest absolute Gasteiger partial charge is 0.483 e. The minimum absolute atomic E-state index is 0.0734. The molecule has 0 fully saturated rings. The van der Waals surface area contributed by atoms with Gasteiger partial charge in [-0.15, -0.1) is 0 Å². The Kier molecular flexibility index (Phi) is 4.35. The number of imidazole rings is 1. The number of aromatic nitrogens is 2. The van der Waals surface area contributed by atoms with Gasteiger partial charge in [-0.3, -0.25) is 13.9 Å². The van der Waals surface area contributed by atoms with E-state index in [1.807, 2.05) is 50.2 Å². The number of benzene rings is 2. The molecule has 0 aliphatic heterocycles. The molecular weight excluding hydrogens is 318 g/mol. The van der Waals surface area contributed by atoms with E-state index in [4.69, 9.17) is 4.74 Å². The van der Waals surface area contributed by atoms with Crippen molar-refractivity contribution in [3.8, 4) is 5.75 Å². The number of hydrogen-bond donors (Lipinski definition) is 1. The van der Waals surface area contributed by atoms with Crippen molar-refractivity contribution in [2.75, 3.05) is 11.9 Å². The summed E-state index contributed by atoms with van der Waals surface area (Å²) in [6.45, 7) is 3.76. The molecule has 0 atom stereocenters. The van der Waals surface area contributed by atoms with Crippen LogP contribution in [0.15, 0.2) is 41.2 Å². The van der Waals surface area contributed by atoms with E-state index in [2.05, 4.69) is 5.32 Å². The zero-order valence-electron chi connectivity index (χ0n) is 14.8. The predicted octanol–water partition coefficient (Wildman–Crippen LogP) is 2.51. The number of hydrogen-bond acceptors (Lipinski definition) is 3. The third-order valence-corrected chi connectivity index (χ3v) is 4.34. The summed E-state index contributed by atoms with van der Waals surface area (Å²) in [5.41, 5.74) is 4.05. The number of anilines is 1. The summed E-state index contributed by atoms with van der Waals surface area (Å²) in [5.74, 6) is 0.446. The molecule has 130 valence electrons. The molecule has 0 saturated heterocycles. The quantitative estimate of drug-likeness (QED) is 0.794. The first-order valence-corrected chi connectivity index (χ1v) is 8.03. The van der Waals surface area contributed by atoms with E-state index in [1.54, 1.807) is 23.2 Å². The number of carbonyl (C=O) groups is 1. The van der Waals surface area contributed by atoms with Crippen molar-refractivity contribution >= 4 is 22.6 Å². The van der Waals surface area contributed by atoms with E-state index in [-0.39, 0.29) is 18.2 Å². The maximum Gasteiger partial charge on any atom is 0.328 e. The highest BCUT2D eigenvalue weighted by Gasteiger charge is 2.13. The Labute approximate surface area is 145 Å². The topological polar surface area (TPSA) is 65.3 Å². The molecule has 0 unspecified atom stereocenters. The molecule has 6 nitrogen and oxygen atoms in total. The summed E-state index contributed by atoms with van der Waals surface area (Å²) in [6, 6.07) is 11.3. The molecular formula is C19H21N3O3. The van der Waals surface area contributed by atoms with Crippen molar-refractivity contribution in [1.29, 1.82) is 0 Å². The number of para-hydroxylation sites is 1. The molecule has 25 heavy (non-hydrogen) atoms. The summed E-state index contributed by atoms with van der Waals surface area (Å²) in [4.78, 5) is 24.3. The molecule has 0 aliphatic rings. The lowest BCUT2D eigenvalue weighted by atomic mass is 10.1. The normalized spacial score (nSPS) is 10.9. The van der Waals surface area contributed by atoms with Crippen LogP contribution in [0.3, 0.4) is 0 Å². The third kappa shape index (κ3) is 3.15. The van der Waals surface area contributed by atoms with Gasteiger partial charge in [-0.25, -0.2) is 4.79 Å². The maximum atomic E-state index is 12.2. The Morgan fingerprint density at radius 1 is 1.04 bits per heavy atom. The zero-order chi connectivity index (χ0) is 18.1. The monoisotopic (exact) mass is 339 g/mol. The van der Waals surface area contributed by atoms with E-state index < -0.39 is 0 Å². The van der Waals surface area contributed by atoms with Crippen molar-refractivity contribution in [3.05, 3.63) is 58.0 Å². The van der Waals surface area contributed by atoms with Gasteiger partial charge in [0.2, 0.25) is 0 Å². The molecule has 6 heteroatoms. The molecule has 3 aromatic rings. The lowest BCUT2D eigenvalue weighted by molar-refractivity contribution is -0.118. The van der Waals surface area contributed by atoms with Crippen LogP contribution >= 0.6 is 0 Å². The third-order valence-electron chi connectivity index (χ3n) is 4.34. The van der Waals surface area contributed by atoms with Crippen LogP contribution in [0.25, 0.3) is 11.0 Å². The molecule has 1 N–H and O–H groups in total. The van der Waals surface area contributed by atoms with E-state index in [9.17, 15) is 9.59 Å². The van der Waals surface area contributed by atoms with Gasteiger partial charge < -0.3 is 10.1 Å². The summed E-state index contributed by atoms with van der Waals surface area (Å²) >= 11 is 0. The van der Waals surface area contributed by atoms with E-state index in [0.717, 1.165) is 22.2 Å². The van der Waals surface area contributed by atoms with E-state index >= 15 is 0 Å². The highest BCUT2D eigenvalue weighted by molar-refractivity contribution is 5.95. The Balaban J connectivity index is 1.79. The van der Waals surface area contributed by atoms with Crippen LogP contribution in [0.2, 0.25) is 0 Å². The highest BCUT2D eigenvalue weighted by atomic mass is 16.5. The number of nitrogens with one attached hydrogen (secondary N) is 1. The molecule has 0 bridgehead atoms. The molecule has 0 saturated carbocycles. The molecule has 1 heterocycles. The number of aryl methyl sites for hydroxylation is 4. The Morgan fingerprint density at radius 3 is 2.36 bits per heavy atom. The summed E-state index contributed by atoms with van der Waals surface area (Å²) < 4.78 is 8.73. The highest BCUT2D eigenvalue weighted by Crippen LogP contribution is 2.23. The van der Waals surface area contributed by atoms with Crippen molar-refractivity contribution in [1.82, 2.24) is 9.13 Å². The van der Waals surface area contributed by atoms with Crippen LogP contribution in [0.1, 0.15) is 11.1 Å². The van der Waals surface area contributed by atoms with Crippen LogP contribution in [-0.4, -0.2) is 21.6 Å². The Hall–Kier alpha value is -3.02. The summed E-state index contributed by atoms with van der Waals surface area (Å²) in [5, 5.41) is 2.86. The van der Waals surface area contributed by atoms with E-state index in [1.165, 1.54) is 0 Å². The first kappa shape index (κ1) is 16.8.